The highest BCUT2D eigenvalue weighted by Crippen LogP contribution is 2.34. The van der Waals surface area contributed by atoms with Gasteiger partial charge in [-0.2, -0.15) is 0 Å². The predicted octanol–water partition coefficient (Wildman–Crippen LogP) is 2.96. The van der Waals surface area contributed by atoms with Crippen LogP contribution in [-0.4, -0.2) is 22.9 Å². The fourth-order valence-corrected chi connectivity index (χ4v) is 3.23. The average Bonchev–Trinajstić information content (AvgIpc) is 2.59. The molecule has 114 valence electrons. The fourth-order valence-electron chi connectivity index (χ4n) is 3.23. The van der Waals surface area contributed by atoms with Crippen LogP contribution in [0.1, 0.15) is 22.3 Å². The lowest BCUT2D eigenvalue weighted by Gasteiger charge is -2.44. The molecule has 2 aromatic rings. The van der Waals surface area contributed by atoms with Gasteiger partial charge in [0.1, 0.15) is 6.17 Å². The molecule has 0 saturated carbocycles. The van der Waals surface area contributed by atoms with E-state index in [1.807, 2.05) is 60.7 Å². The summed E-state index contributed by atoms with van der Waals surface area (Å²) in [6, 6.07) is 17.2. The standard InChI is InChI=1S/C19H16N2O2/c22-18-12-6-11-17-20(13-14-7-2-1-3-8-14)19(23)15-9-4-5-10-16(15)21(17)18/h1-11,17H,12-13H2. The maximum absolute atomic E-state index is 12.9. The first-order valence-corrected chi connectivity index (χ1v) is 7.68. The van der Waals surface area contributed by atoms with E-state index in [4.69, 9.17) is 0 Å². The van der Waals surface area contributed by atoms with Crippen molar-refractivity contribution in [1.82, 2.24) is 4.90 Å². The number of hydrogen-bond acceptors (Lipinski definition) is 2. The van der Waals surface area contributed by atoms with Gasteiger partial charge in [-0.15, -0.1) is 0 Å². The monoisotopic (exact) mass is 304 g/mol. The molecule has 0 spiro atoms. The van der Waals surface area contributed by atoms with Gasteiger partial charge in [-0.3, -0.25) is 14.5 Å². The van der Waals surface area contributed by atoms with Gasteiger partial charge in [-0.1, -0.05) is 48.5 Å². The summed E-state index contributed by atoms with van der Waals surface area (Å²) >= 11 is 0. The number of benzene rings is 2. The Balaban J connectivity index is 1.80. The molecule has 0 saturated heterocycles. The Labute approximate surface area is 134 Å². The minimum Gasteiger partial charge on any atom is -0.310 e. The summed E-state index contributed by atoms with van der Waals surface area (Å²) in [5.41, 5.74) is 2.34. The van der Waals surface area contributed by atoms with Gasteiger partial charge in [-0.25, -0.2) is 0 Å². The van der Waals surface area contributed by atoms with Gasteiger partial charge in [0, 0.05) is 13.0 Å². The molecule has 0 N–H and O–H groups in total. The molecule has 0 bridgehead atoms. The third kappa shape index (κ3) is 2.23. The third-order valence-corrected chi connectivity index (χ3v) is 4.30. The Morgan fingerprint density at radius 2 is 1.70 bits per heavy atom. The first-order chi connectivity index (χ1) is 11.3. The zero-order valence-electron chi connectivity index (χ0n) is 12.6. The quantitative estimate of drug-likeness (QED) is 0.800. The summed E-state index contributed by atoms with van der Waals surface area (Å²) in [7, 11) is 0. The number of fused-ring (bicyclic) bond motifs is 3. The van der Waals surface area contributed by atoms with Gasteiger partial charge in [0.15, 0.2) is 0 Å². The Kier molecular flexibility index (Phi) is 3.23. The average molecular weight is 304 g/mol. The van der Waals surface area contributed by atoms with E-state index in [9.17, 15) is 9.59 Å². The first kappa shape index (κ1) is 13.8. The predicted molar refractivity (Wildman–Crippen MR) is 87.8 cm³/mol. The number of rotatable bonds is 2. The lowest BCUT2D eigenvalue weighted by molar-refractivity contribution is -0.119. The van der Waals surface area contributed by atoms with Crippen molar-refractivity contribution in [3.8, 4) is 0 Å². The second-order valence-corrected chi connectivity index (χ2v) is 5.75. The minimum atomic E-state index is -0.348. The SMILES string of the molecule is O=C1c2ccccc2N2C(=O)CC=CC2N1Cc1ccccc1. The summed E-state index contributed by atoms with van der Waals surface area (Å²) in [6.45, 7) is 0.479. The Morgan fingerprint density at radius 3 is 2.52 bits per heavy atom. The zero-order valence-corrected chi connectivity index (χ0v) is 12.6. The maximum atomic E-state index is 12.9. The van der Waals surface area contributed by atoms with E-state index in [0.29, 0.717) is 24.2 Å². The molecule has 2 heterocycles. The first-order valence-electron chi connectivity index (χ1n) is 7.68. The van der Waals surface area contributed by atoms with Gasteiger partial charge in [0.2, 0.25) is 5.91 Å². The molecule has 4 nitrogen and oxygen atoms in total. The van der Waals surface area contributed by atoms with Gasteiger partial charge >= 0.3 is 0 Å². The third-order valence-electron chi connectivity index (χ3n) is 4.30. The molecular formula is C19H16N2O2. The molecule has 2 aromatic carbocycles. The number of nitrogens with zero attached hydrogens (tertiary/aromatic N) is 2. The number of anilines is 1. The van der Waals surface area contributed by atoms with Crippen molar-refractivity contribution in [1.29, 1.82) is 0 Å². The zero-order chi connectivity index (χ0) is 15.8. The van der Waals surface area contributed by atoms with Crippen molar-refractivity contribution >= 4 is 17.5 Å². The van der Waals surface area contributed by atoms with Crippen LogP contribution in [0.15, 0.2) is 66.7 Å². The molecule has 1 unspecified atom stereocenters. The van der Waals surface area contributed by atoms with Crippen molar-refractivity contribution < 1.29 is 9.59 Å². The molecule has 1 atom stereocenters. The number of carbonyl (C=O) groups is 2. The number of amides is 2. The molecule has 2 amide bonds. The van der Waals surface area contributed by atoms with Crippen LogP contribution >= 0.6 is 0 Å². The van der Waals surface area contributed by atoms with Gasteiger partial charge in [-0.05, 0) is 23.8 Å². The molecule has 23 heavy (non-hydrogen) atoms. The van der Waals surface area contributed by atoms with Crippen molar-refractivity contribution in [2.75, 3.05) is 4.90 Å². The topological polar surface area (TPSA) is 40.6 Å². The van der Waals surface area contributed by atoms with Crippen molar-refractivity contribution in [2.45, 2.75) is 19.1 Å². The Hall–Kier alpha value is -2.88. The molecule has 4 rings (SSSR count). The summed E-state index contributed by atoms with van der Waals surface area (Å²) in [6.07, 6.45) is 3.82. The lowest BCUT2D eigenvalue weighted by atomic mass is 10.0. The van der Waals surface area contributed by atoms with Crippen LogP contribution in [0.5, 0.6) is 0 Å². The summed E-state index contributed by atoms with van der Waals surface area (Å²) in [5.74, 6) is -0.0134. The normalized spacial score (nSPS) is 19.6. The van der Waals surface area contributed by atoms with Crippen LogP contribution in [0.2, 0.25) is 0 Å². The number of carbonyl (C=O) groups excluding carboxylic acids is 2. The summed E-state index contributed by atoms with van der Waals surface area (Å²) in [4.78, 5) is 28.9. The molecule has 0 aromatic heterocycles. The molecule has 0 radical (unpaired) electrons. The smallest absolute Gasteiger partial charge is 0.258 e. The molecule has 0 fully saturated rings. The van der Waals surface area contributed by atoms with Gasteiger partial charge in [0.05, 0.1) is 11.3 Å². The largest absolute Gasteiger partial charge is 0.310 e. The maximum Gasteiger partial charge on any atom is 0.258 e. The number of hydrogen-bond donors (Lipinski definition) is 0. The highest BCUT2D eigenvalue weighted by atomic mass is 16.2. The van der Waals surface area contributed by atoms with E-state index < -0.39 is 0 Å². The van der Waals surface area contributed by atoms with Crippen molar-refractivity contribution in [2.24, 2.45) is 0 Å². The van der Waals surface area contributed by atoms with E-state index in [2.05, 4.69) is 0 Å². The lowest BCUT2D eigenvalue weighted by Crippen LogP contribution is -2.57. The van der Waals surface area contributed by atoms with Crippen LogP contribution in [0.4, 0.5) is 5.69 Å². The van der Waals surface area contributed by atoms with Crippen LogP contribution in [0.3, 0.4) is 0 Å². The van der Waals surface area contributed by atoms with Gasteiger partial charge in [0.25, 0.3) is 5.91 Å². The van der Waals surface area contributed by atoms with E-state index in [1.54, 1.807) is 15.9 Å². The van der Waals surface area contributed by atoms with Crippen LogP contribution in [-0.2, 0) is 11.3 Å². The second kappa shape index (κ2) is 5.39. The van der Waals surface area contributed by atoms with Crippen molar-refractivity contribution in [3.63, 3.8) is 0 Å². The van der Waals surface area contributed by atoms with E-state index >= 15 is 0 Å². The summed E-state index contributed by atoms with van der Waals surface area (Å²) in [5, 5.41) is 0. The van der Waals surface area contributed by atoms with Crippen LogP contribution in [0.25, 0.3) is 0 Å². The van der Waals surface area contributed by atoms with Crippen LogP contribution < -0.4 is 4.90 Å². The van der Waals surface area contributed by atoms with Crippen LogP contribution in [0, 0.1) is 0 Å². The van der Waals surface area contributed by atoms with E-state index in [-0.39, 0.29) is 18.0 Å². The molecule has 2 aliphatic heterocycles. The molecular weight excluding hydrogens is 288 g/mol. The number of para-hydroxylation sites is 1. The highest BCUT2D eigenvalue weighted by molar-refractivity contribution is 6.09. The Morgan fingerprint density at radius 1 is 0.957 bits per heavy atom. The fraction of sp³-hybridized carbons (Fsp3) is 0.158. The molecule has 4 heteroatoms. The Bertz CT molecular complexity index is 798. The minimum absolute atomic E-state index is 0.0236. The van der Waals surface area contributed by atoms with E-state index in [0.717, 1.165) is 5.56 Å². The molecule has 2 aliphatic rings. The highest BCUT2D eigenvalue weighted by Gasteiger charge is 2.40. The van der Waals surface area contributed by atoms with E-state index in [1.165, 1.54) is 0 Å². The summed E-state index contributed by atoms with van der Waals surface area (Å²) < 4.78 is 0. The molecule has 0 aliphatic carbocycles. The van der Waals surface area contributed by atoms with Crippen molar-refractivity contribution in [3.05, 3.63) is 77.9 Å². The second-order valence-electron chi connectivity index (χ2n) is 5.75. The van der Waals surface area contributed by atoms with Gasteiger partial charge < -0.3 is 4.90 Å².